The summed E-state index contributed by atoms with van der Waals surface area (Å²) in [5.41, 5.74) is 1.37. The first-order valence-corrected chi connectivity index (χ1v) is 4.90. The summed E-state index contributed by atoms with van der Waals surface area (Å²) >= 11 is 5.80. The van der Waals surface area contributed by atoms with Crippen LogP contribution in [0, 0.1) is 6.92 Å². The van der Waals surface area contributed by atoms with Gasteiger partial charge in [0.2, 0.25) is 0 Å². The summed E-state index contributed by atoms with van der Waals surface area (Å²) in [7, 11) is 0. The lowest BCUT2D eigenvalue weighted by molar-refractivity contribution is 0.0525. The Hall–Kier alpha value is -1.35. The van der Waals surface area contributed by atoms with Crippen LogP contribution in [0.3, 0.4) is 0 Å². The van der Waals surface area contributed by atoms with Gasteiger partial charge in [0, 0.05) is 5.56 Å². The lowest BCUT2D eigenvalue weighted by Gasteiger charge is -2.07. The topological polar surface area (TPSA) is 43.4 Å². The van der Waals surface area contributed by atoms with Crippen LogP contribution in [0.5, 0.6) is 0 Å². The van der Waals surface area contributed by atoms with Crippen LogP contribution in [0.2, 0.25) is 5.02 Å². The smallest absolute Gasteiger partial charge is 0.338 e. The molecule has 0 aliphatic heterocycles. The number of aldehydes is 1. The van der Waals surface area contributed by atoms with Gasteiger partial charge in [-0.2, -0.15) is 0 Å². The van der Waals surface area contributed by atoms with Crippen LogP contribution in [-0.2, 0) is 4.74 Å². The Kier molecular flexibility index (Phi) is 3.86. The highest BCUT2D eigenvalue weighted by molar-refractivity contribution is 6.33. The fraction of sp³-hybridized carbons (Fsp3) is 0.273. The monoisotopic (exact) mass is 226 g/mol. The maximum absolute atomic E-state index is 11.5. The molecule has 0 spiro atoms. The summed E-state index contributed by atoms with van der Waals surface area (Å²) in [4.78, 5) is 22.1. The van der Waals surface area contributed by atoms with Crippen molar-refractivity contribution in [1.82, 2.24) is 0 Å². The fourth-order valence-corrected chi connectivity index (χ4v) is 1.47. The Labute approximate surface area is 93.0 Å². The molecule has 80 valence electrons. The van der Waals surface area contributed by atoms with Crippen LogP contribution in [0.15, 0.2) is 12.1 Å². The second-order valence-electron chi connectivity index (χ2n) is 3.03. The number of aryl methyl sites for hydroxylation is 1. The van der Waals surface area contributed by atoms with Gasteiger partial charge in [-0.05, 0) is 31.5 Å². The maximum Gasteiger partial charge on any atom is 0.338 e. The second-order valence-corrected chi connectivity index (χ2v) is 3.43. The molecule has 1 aromatic rings. The van der Waals surface area contributed by atoms with E-state index in [4.69, 9.17) is 16.3 Å². The predicted octanol–water partition coefficient (Wildman–Crippen LogP) is 2.64. The molecule has 0 heterocycles. The summed E-state index contributed by atoms with van der Waals surface area (Å²) in [6.07, 6.45) is 0.616. The number of hydrogen-bond donors (Lipinski definition) is 0. The van der Waals surface area contributed by atoms with Gasteiger partial charge in [0.25, 0.3) is 0 Å². The number of hydrogen-bond acceptors (Lipinski definition) is 3. The van der Waals surface area contributed by atoms with Crippen LogP contribution in [0.4, 0.5) is 0 Å². The van der Waals surface area contributed by atoms with Crippen molar-refractivity contribution in [2.24, 2.45) is 0 Å². The minimum absolute atomic E-state index is 0.297. The molecule has 0 atom stereocenters. The van der Waals surface area contributed by atoms with Crippen molar-refractivity contribution in [3.63, 3.8) is 0 Å². The zero-order chi connectivity index (χ0) is 11.4. The van der Waals surface area contributed by atoms with Crippen molar-refractivity contribution in [3.05, 3.63) is 33.8 Å². The third-order valence-electron chi connectivity index (χ3n) is 1.97. The normalized spacial score (nSPS) is 9.80. The van der Waals surface area contributed by atoms with E-state index in [-0.39, 0.29) is 0 Å². The van der Waals surface area contributed by atoms with E-state index < -0.39 is 5.97 Å². The van der Waals surface area contributed by atoms with Gasteiger partial charge in [-0.1, -0.05) is 11.6 Å². The predicted molar refractivity (Wildman–Crippen MR) is 57.5 cm³/mol. The van der Waals surface area contributed by atoms with Crippen LogP contribution < -0.4 is 0 Å². The Balaban J connectivity index is 3.18. The molecule has 0 fully saturated rings. The van der Waals surface area contributed by atoms with Crippen molar-refractivity contribution in [3.8, 4) is 0 Å². The maximum atomic E-state index is 11.5. The second kappa shape index (κ2) is 4.94. The number of halogens is 1. The van der Waals surface area contributed by atoms with E-state index in [0.717, 1.165) is 0 Å². The van der Waals surface area contributed by atoms with Gasteiger partial charge in [-0.15, -0.1) is 0 Å². The van der Waals surface area contributed by atoms with E-state index in [1.165, 1.54) is 6.07 Å². The minimum Gasteiger partial charge on any atom is -0.462 e. The van der Waals surface area contributed by atoms with Gasteiger partial charge in [-0.25, -0.2) is 4.79 Å². The molecule has 4 heteroatoms. The van der Waals surface area contributed by atoms with Crippen molar-refractivity contribution in [2.75, 3.05) is 6.61 Å². The summed E-state index contributed by atoms with van der Waals surface area (Å²) in [5, 5.41) is 0.343. The van der Waals surface area contributed by atoms with Crippen LogP contribution >= 0.6 is 11.6 Å². The van der Waals surface area contributed by atoms with Gasteiger partial charge in [0.1, 0.15) is 0 Å². The van der Waals surface area contributed by atoms with Gasteiger partial charge in [0.15, 0.2) is 6.29 Å². The molecule has 0 N–H and O–H groups in total. The molecule has 0 radical (unpaired) electrons. The standard InChI is InChI=1S/C11H11ClO3/c1-3-15-11(14)9-5-8(6-13)10(12)4-7(9)2/h4-6H,3H2,1-2H3. The summed E-state index contributed by atoms with van der Waals surface area (Å²) in [5.74, 6) is -0.435. The molecule has 0 unspecified atom stereocenters. The lowest BCUT2D eigenvalue weighted by atomic mass is 10.1. The zero-order valence-corrected chi connectivity index (χ0v) is 9.30. The summed E-state index contributed by atoms with van der Waals surface area (Å²) in [6, 6.07) is 3.03. The van der Waals surface area contributed by atoms with E-state index in [1.54, 1.807) is 19.9 Å². The number of carbonyl (C=O) groups is 2. The summed E-state index contributed by atoms with van der Waals surface area (Å²) < 4.78 is 4.85. The lowest BCUT2D eigenvalue weighted by Crippen LogP contribution is -2.07. The zero-order valence-electron chi connectivity index (χ0n) is 8.54. The van der Waals surface area contributed by atoms with Crippen LogP contribution in [-0.4, -0.2) is 18.9 Å². The summed E-state index contributed by atoms with van der Waals surface area (Å²) in [6.45, 7) is 3.77. The van der Waals surface area contributed by atoms with E-state index in [9.17, 15) is 9.59 Å². The SMILES string of the molecule is CCOC(=O)c1cc(C=O)c(Cl)cc1C. The molecule has 0 saturated carbocycles. The third kappa shape index (κ3) is 2.57. The number of benzene rings is 1. The highest BCUT2D eigenvalue weighted by Gasteiger charge is 2.12. The molecule has 0 bridgehead atoms. The molecule has 0 amide bonds. The number of ether oxygens (including phenoxy) is 1. The largest absolute Gasteiger partial charge is 0.462 e. The van der Waals surface area contributed by atoms with Crippen molar-refractivity contribution in [2.45, 2.75) is 13.8 Å². The van der Waals surface area contributed by atoms with Crippen molar-refractivity contribution < 1.29 is 14.3 Å². The molecular weight excluding hydrogens is 216 g/mol. The van der Waals surface area contributed by atoms with E-state index in [0.29, 0.717) is 34.6 Å². The third-order valence-corrected chi connectivity index (χ3v) is 2.29. The van der Waals surface area contributed by atoms with Gasteiger partial charge < -0.3 is 4.74 Å². The fourth-order valence-electron chi connectivity index (χ4n) is 1.21. The molecule has 0 aliphatic rings. The molecule has 15 heavy (non-hydrogen) atoms. The Morgan fingerprint density at radius 3 is 2.73 bits per heavy atom. The van der Waals surface area contributed by atoms with Gasteiger partial charge in [0.05, 0.1) is 17.2 Å². The Bertz CT molecular complexity index is 399. The number of esters is 1. The molecule has 1 rings (SSSR count). The molecule has 0 aliphatic carbocycles. The Morgan fingerprint density at radius 2 is 2.20 bits per heavy atom. The Morgan fingerprint density at radius 1 is 1.53 bits per heavy atom. The highest BCUT2D eigenvalue weighted by atomic mass is 35.5. The molecule has 0 saturated heterocycles. The minimum atomic E-state index is -0.435. The highest BCUT2D eigenvalue weighted by Crippen LogP contribution is 2.20. The molecular formula is C11H11ClO3. The first-order valence-electron chi connectivity index (χ1n) is 4.52. The average Bonchev–Trinajstić information content (AvgIpc) is 2.18. The van der Waals surface area contributed by atoms with E-state index in [1.807, 2.05) is 0 Å². The molecule has 0 aromatic heterocycles. The first-order chi connectivity index (χ1) is 7.10. The van der Waals surface area contributed by atoms with Crippen molar-refractivity contribution >= 4 is 23.9 Å². The average molecular weight is 227 g/mol. The molecule has 1 aromatic carbocycles. The number of rotatable bonds is 3. The first kappa shape index (κ1) is 11.7. The van der Waals surface area contributed by atoms with Gasteiger partial charge >= 0.3 is 5.97 Å². The van der Waals surface area contributed by atoms with E-state index >= 15 is 0 Å². The quantitative estimate of drug-likeness (QED) is 0.588. The van der Waals surface area contributed by atoms with Crippen LogP contribution in [0.1, 0.15) is 33.2 Å². The molecule has 3 nitrogen and oxygen atoms in total. The van der Waals surface area contributed by atoms with Crippen LogP contribution in [0.25, 0.3) is 0 Å². The van der Waals surface area contributed by atoms with Gasteiger partial charge in [-0.3, -0.25) is 4.79 Å². The van der Waals surface area contributed by atoms with E-state index in [2.05, 4.69) is 0 Å². The van der Waals surface area contributed by atoms with Crippen molar-refractivity contribution in [1.29, 1.82) is 0 Å². The number of carbonyl (C=O) groups excluding carboxylic acids is 2.